The number of carbonyl (C=O) groups excluding carboxylic acids is 2. The molecule has 0 spiro atoms. The molecule has 116 valence electrons. The van der Waals surface area contributed by atoms with Crippen LogP contribution < -0.4 is 5.32 Å². The zero-order valence-corrected chi connectivity index (χ0v) is 11.7. The van der Waals surface area contributed by atoms with Crippen LogP contribution in [0.25, 0.3) is 0 Å². The Kier molecular flexibility index (Phi) is 5.75. The van der Waals surface area contributed by atoms with Crippen LogP contribution in [-0.2, 0) is 26.9 Å². The normalized spacial score (nSPS) is 12.6. The van der Waals surface area contributed by atoms with Gasteiger partial charge in [-0.2, -0.15) is 13.2 Å². The molecule has 1 amide bonds. The van der Waals surface area contributed by atoms with Gasteiger partial charge in [-0.05, 0) is 31.5 Å². The van der Waals surface area contributed by atoms with Crippen LogP contribution in [0.3, 0.4) is 0 Å². The maximum atomic E-state index is 12.4. The highest BCUT2D eigenvalue weighted by molar-refractivity contribution is 5.85. The Labute approximate surface area is 120 Å². The van der Waals surface area contributed by atoms with Gasteiger partial charge in [0.2, 0.25) is 5.91 Å². The number of hydrogen-bond donors (Lipinski definition) is 1. The molecule has 7 heteroatoms. The smallest absolute Gasteiger partial charge is 0.416 e. The topological polar surface area (TPSA) is 55.4 Å². The number of benzene rings is 1. The Morgan fingerprint density at radius 1 is 1.24 bits per heavy atom. The lowest BCUT2D eigenvalue weighted by Crippen LogP contribution is -2.40. The van der Waals surface area contributed by atoms with Crippen molar-refractivity contribution < 1.29 is 27.5 Å². The summed E-state index contributed by atoms with van der Waals surface area (Å²) >= 11 is 0. The lowest BCUT2D eigenvalue weighted by atomic mass is 10.1. The van der Waals surface area contributed by atoms with Crippen LogP contribution in [-0.4, -0.2) is 24.5 Å². The van der Waals surface area contributed by atoms with E-state index in [1.54, 1.807) is 6.92 Å². The lowest BCUT2D eigenvalue weighted by Gasteiger charge is -2.13. The monoisotopic (exact) mass is 303 g/mol. The molecule has 0 radical (unpaired) electrons. The van der Waals surface area contributed by atoms with Crippen molar-refractivity contribution in [2.45, 2.75) is 32.5 Å². The molecule has 0 aliphatic rings. The fourth-order valence-corrected chi connectivity index (χ4v) is 1.62. The van der Waals surface area contributed by atoms with Gasteiger partial charge in [-0.3, -0.25) is 4.79 Å². The summed E-state index contributed by atoms with van der Waals surface area (Å²) in [6.45, 7) is 3.33. The van der Waals surface area contributed by atoms with Crippen molar-refractivity contribution in [2.24, 2.45) is 0 Å². The number of carbonyl (C=O) groups is 2. The predicted molar refractivity (Wildman–Crippen MR) is 69.4 cm³/mol. The van der Waals surface area contributed by atoms with Gasteiger partial charge in [0.05, 0.1) is 18.6 Å². The number of esters is 1. The molecule has 21 heavy (non-hydrogen) atoms. The van der Waals surface area contributed by atoms with E-state index in [0.29, 0.717) is 5.56 Å². The summed E-state index contributed by atoms with van der Waals surface area (Å²) in [4.78, 5) is 23.0. The molecule has 4 nitrogen and oxygen atoms in total. The van der Waals surface area contributed by atoms with Crippen LogP contribution in [0.15, 0.2) is 24.3 Å². The molecule has 1 N–H and O–H groups in total. The minimum Gasteiger partial charge on any atom is -0.464 e. The van der Waals surface area contributed by atoms with Gasteiger partial charge in [-0.25, -0.2) is 4.79 Å². The van der Waals surface area contributed by atoms with Gasteiger partial charge < -0.3 is 10.1 Å². The van der Waals surface area contributed by atoms with E-state index < -0.39 is 29.7 Å². The molecular weight excluding hydrogens is 287 g/mol. The SMILES string of the molecule is CCOC(=O)C(C)NC(=O)Cc1ccc(C(F)(F)F)cc1. The second-order valence-electron chi connectivity index (χ2n) is 4.41. The molecule has 0 aliphatic carbocycles. The Bertz CT molecular complexity index is 497. The standard InChI is InChI=1S/C14H16F3NO3/c1-3-21-13(20)9(2)18-12(19)8-10-4-6-11(7-5-10)14(15,16)17/h4-7,9H,3,8H2,1-2H3,(H,18,19). The van der Waals surface area contributed by atoms with E-state index in [1.807, 2.05) is 0 Å². The van der Waals surface area contributed by atoms with E-state index >= 15 is 0 Å². The Morgan fingerprint density at radius 2 is 1.81 bits per heavy atom. The van der Waals surface area contributed by atoms with E-state index in [4.69, 9.17) is 4.74 Å². The van der Waals surface area contributed by atoms with Crippen molar-refractivity contribution >= 4 is 11.9 Å². The van der Waals surface area contributed by atoms with Gasteiger partial charge in [-0.15, -0.1) is 0 Å². The van der Waals surface area contributed by atoms with Gasteiger partial charge in [0.15, 0.2) is 0 Å². The average molecular weight is 303 g/mol. The van der Waals surface area contributed by atoms with Gasteiger partial charge in [-0.1, -0.05) is 12.1 Å². The highest BCUT2D eigenvalue weighted by atomic mass is 19.4. The summed E-state index contributed by atoms with van der Waals surface area (Å²) in [6.07, 6.45) is -4.51. The zero-order valence-electron chi connectivity index (χ0n) is 11.7. The molecule has 0 aliphatic heterocycles. The van der Waals surface area contributed by atoms with E-state index in [9.17, 15) is 22.8 Å². The fourth-order valence-electron chi connectivity index (χ4n) is 1.62. The maximum Gasteiger partial charge on any atom is 0.416 e. The Morgan fingerprint density at radius 3 is 2.29 bits per heavy atom. The number of nitrogens with one attached hydrogen (secondary N) is 1. The minimum atomic E-state index is -4.40. The number of hydrogen-bond acceptors (Lipinski definition) is 3. The molecular formula is C14H16F3NO3. The number of rotatable bonds is 5. The van der Waals surface area contributed by atoms with Gasteiger partial charge in [0.1, 0.15) is 6.04 Å². The van der Waals surface area contributed by atoms with Crippen molar-refractivity contribution in [2.75, 3.05) is 6.61 Å². The second-order valence-corrected chi connectivity index (χ2v) is 4.41. The third-order valence-electron chi connectivity index (χ3n) is 2.66. The van der Waals surface area contributed by atoms with Crippen LogP contribution in [0.5, 0.6) is 0 Å². The second kappa shape index (κ2) is 7.10. The molecule has 1 unspecified atom stereocenters. The summed E-state index contributed by atoms with van der Waals surface area (Å²) in [5.74, 6) is -1.02. The first-order valence-corrected chi connectivity index (χ1v) is 6.36. The minimum absolute atomic E-state index is 0.109. The van der Waals surface area contributed by atoms with Crippen molar-refractivity contribution in [1.82, 2.24) is 5.32 Å². The van der Waals surface area contributed by atoms with Crippen LogP contribution in [0.2, 0.25) is 0 Å². The van der Waals surface area contributed by atoms with E-state index in [-0.39, 0.29) is 13.0 Å². The third kappa shape index (κ3) is 5.45. The molecule has 1 atom stereocenters. The van der Waals surface area contributed by atoms with Crippen molar-refractivity contribution in [1.29, 1.82) is 0 Å². The molecule has 1 aromatic carbocycles. The molecule has 0 aromatic heterocycles. The average Bonchev–Trinajstić information content (AvgIpc) is 2.38. The van der Waals surface area contributed by atoms with E-state index in [2.05, 4.69) is 5.32 Å². The predicted octanol–water partition coefficient (Wildman–Crippen LogP) is 2.32. The van der Waals surface area contributed by atoms with Crippen LogP contribution in [0.4, 0.5) is 13.2 Å². The third-order valence-corrected chi connectivity index (χ3v) is 2.66. The summed E-state index contributed by atoms with van der Waals surface area (Å²) in [6, 6.07) is 3.50. The molecule has 0 saturated carbocycles. The molecule has 1 aromatic rings. The Balaban J connectivity index is 2.57. The van der Waals surface area contributed by atoms with Crippen molar-refractivity contribution in [3.05, 3.63) is 35.4 Å². The van der Waals surface area contributed by atoms with E-state index in [0.717, 1.165) is 12.1 Å². The maximum absolute atomic E-state index is 12.4. The summed E-state index contributed by atoms with van der Waals surface area (Å²) < 4.78 is 41.9. The highest BCUT2D eigenvalue weighted by Crippen LogP contribution is 2.29. The lowest BCUT2D eigenvalue weighted by molar-refractivity contribution is -0.146. The zero-order chi connectivity index (χ0) is 16.0. The highest BCUT2D eigenvalue weighted by Gasteiger charge is 2.30. The van der Waals surface area contributed by atoms with E-state index in [1.165, 1.54) is 19.1 Å². The quantitative estimate of drug-likeness (QED) is 0.849. The molecule has 1 rings (SSSR count). The number of halogens is 3. The summed E-state index contributed by atoms with van der Waals surface area (Å²) in [7, 11) is 0. The van der Waals surface area contributed by atoms with Crippen LogP contribution in [0, 0.1) is 0 Å². The van der Waals surface area contributed by atoms with Crippen LogP contribution in [0.1, 0.15) is 25.0 Å². The molecule has 0 bridgehead atoms. The number of amides is 1. The van der Waals surface area contributed by atoms with Gasteiger partial charge in [0.25, 0.3) is 0 Å². The van der Waals surface area contributed by atoms with Crippen molar-refractivity contribution in [3.8, 4) is 0 Å². The van der Waals surface area contributed by atoms with Gasteiger partial charge in [0, 0.05) is 0 Å². The van der Waals surface area contributed by atoms with Crippen LogP contribution >= 0.6 is 0 Å². The number of alkyl halides is 3. The first-order chi connectivity index (χ1) is 9.74. The first kappa shape index (κ1) is 17.0. The first-order valence-electron chi connectivity index (χ1n) is 6.36. The van der Waals surface area contributed by atoms with Gasteiger partial charge >= 0.3 is 12.1 Å². The molecule has 0 heterocycles. The summed E-state index contributed by atoms with van der Waals surface area (Å²) in [5, 5.41) is 2.42. The molecule has 0 saturated heterocycles. The van der Waals surface area contributed by atoms with Crippen molar-refractivity contribution in [3.63, 3.8) is 0 Å². The molecule has 0 fully saturated rings. The largest absolute Gasteiger partial charge is 0.464 e. The Hall–Kier alpha value is -2.05. The summed E-state index contributed by atoms with van der Waals surface area (Å²) in [5.41, 5.74) is -0.344. The fraction of sp³-hybridized carbons (Fsp3) is 0.429. The number of ether oxygens (including phenoxy) is 1.